The standard InChI is InChI=1S/C24H34N4O2/c1-14-9-17(10-18-13-26(23(29)22(14)18)15(2)16-5-6-16)21-7-8-27(25)28(21)20-11-19(12-20)24(3,4)30/h7,9-10,15-16,19-20,30H,5-6,8,11-13,25H2,1-4H3/t15?,19-,20-. The number of rotatable bonds is 5. The molecule has 1 atom stereocenters. The Hall–Kier alpha value is -1.89. The molecule has 0 spiro atoms. The predicted octanol–water partition coefficient (Wildman–Crippen LogP) is 3.05. The van der Waals surface area contributed by atoms with Gasteiger partial charge in [-0.15, -0.1) is 0 Å². The van der Waals surface area contributed by atoms with E-state index >= 15 is 0 Å². The van der Waals surface area contributed by atoms with Crippen LogP contribution in [-0.4, -0.2) is 50.3 Å². The summed E-state index contributed by atoms with van der Waals surface area (Å²) in [5.74, 6) is 7.49. The first-order valence-corrected chi connectivity index (χ1v) is 11.3. The first-order chi connectivity index (χ1) is 14.1. The maximum atomic E-state index is 13.1. The third-order valence-corrected chi connectivity index (χ3v) is 7.78. The smallest absolute Gasteiger partial charge is 0.255 e. The summed E-state index contributed by atoms with van der Waals surface area (Å²) in [6.07, 6.45) is 6.53. The molecule has 0 saturated heterocycles. The Bertz CT molecular complexity index is 909. The number of carbonyl (C=O) groups is 1. The van der Waals surface area contributed by atoms with Crippen LogP contribution in [0, 0.1) is 18.8 Å². The lowest BCUT2D eigenvalue weighted by Crippen LogP contribution is -2.56. The lowest BCUT2D eigenvalue weighted by Gasteiger charge is -2.49. The third kappa shape index (κ3) is 3.17. The minimum atomic E-state index is -0.647. The van der Waals surface area contributed by atoms with Crippen molar-refractivity contribution in [3.63, 3.8) is 0 Å². The van der Waals surface area contributed by atoms with Crippen molar-refractivity contribution in [2.75, 3.05) is 6.54 Å². The fourth-order valence-corrected chi connectivity index (χ4v) is 5.52. The number of hydrogen-bond donors (Lipinski definition) is 2. The van der Waals surface area contributed by atoms with Gasteiger partial charge in [0.05, 0.1) is 17.8 Å². The molecule has 0 radical (unpaired) electrons. The van der Waals surface area contributed by atoms with Gasteiger partial charge < -0.3 is 10.0 Å². The second-order valence-electron chi connectivity index (χ2n) is 10.4. The number of benzene rings is 1. The van der Waals surface area contributed by atoms with Crippen molar-refractivity contribution in [1.82, 2.24) is 15.0 Å². The minimum absolute atomic E-state index is 0.193. The molecule has 2 aliphatic heterocycles. The van der Waals surface area contributed by atoms with E-state index in [0.29, 0.717) is 37.0 Å². The first kappa shape index (κ1) is 20.0. The van der Waals surface area contributed by atoms with E-state index < -0.39 is 5.60 Å². The summed E-state index contributed by atoms with van der Waals surface area (Å²) >= 11 is 0. The molecule has 1 amide bonds. The second-order valence-corrected chi connectivity index (χ2v) is 10.4. The van der Waals surface area contributed by atoms with E-state index in [4.69, 9.17) is 5.84 Å². The molecule has 2 fully saturated rings. The Kier molecular flexibility index (Phi) is 4.55. The van der Waals surface area contributed by atoms with E-state index in [1.54, 1.807) is 5.12 Å². The summed E-state index contributed by atoms with van der Waals surface area (Å²) in [5.41, 5.74) is 4.71. The molecule has 1 aromatic carbocycles. The van der Waals surface area contributed by atoms with Gasteiger partial charge in [0.15, 0.2) is 0 Å². The van der Waals surface area contributed by atoms with Crippen LogP contribution < -0.4 is 5.84 Å². The summed E-state index contributed by atoms with van der Waals surface area (Å²) < 4.78 is 0. The summed E-state index contributed by atoms with van der Waals surface area (Å²) in [4.78, 5) is 15.1. The number of carbonyl (C=O) groups excluding carboxylic acids is 1. The zero-order valence-corrected chi connectivity index (χ0v) is 18.6. The van der Waals surface area contributed by atoms with Crippen molar-refractivity contribution in [3.8, 4) is 0 Å². The molecular formula is C24H34N4O2. The van der Waals surface area contributed by atoms with Crippen LogP contribution in [0.5, 0.6) is 0 Å². The van der Waals surface area contributed by atoms with Gasteiger partial charge in [0, 0.05) is 24.2 Å². The number of hydrogen-bond acceptors (Lipinski definition) is 5. The number of nitrogens with zero attached hydrogens (tertiary/aromatic N) is 3. The van der Waals surface area contributed by atoms with Gasteiger partial charge in [-0.05, 0) is 100 Å². The molecule has 2 aliphatic carbocycles. The molecule has 162 valence electrons. The Morgan fingerprint density at radius 3 is 2.57 bits per heavy atom. The van der Waals surface area contributed by atoms with Crippen LogP contribution in [0.2, 0.25) is 0 Å². The fourth-order valence-electron chi connectivity index (χ4n) is 5.52. The molecule has 5 rings (SSSR count). The average molecular weight is 411 g/mol. The van der Waals surface area contributed by atoms with E-state index in [-0.39, 0.29) is 5.91 Å². The van der Waals surface area contributed by atoms with E-state index in [0.717, 1.165) is 40.8 Å². The van der Waals surface area contributed by atoms with E-state index in [2.05, 4.69) is 42.0 Å². The van der Waals surface area contributed by atoms with Gasteiger partial charge in [0.2, 0.25) is 0 Å². The second kappa shape index (κ2) is 6.81. The topological polar surface area (TPSA) is 73.0 Å². The van der Waals surface area contributed by atoms with Crippen molar-refractivity contribution in [1.29, 1.82) is 0 Å². The largest absolute Gasteiger partial charge is 0.390 e. The van der Waals surface area contributed by atoms with Gasteiger partial charge in [0.1, 0.15) is 0 Å². The third-order valence-electron chi connectivity index (χ3n) is 7.78. The highest BCUT2D eigenvalue weighted by molar-refractivity contribution is 6.00. The Labute approximate surface area is 179 Å². The molecule has 1 aromatic rings. The molecule has 6 heteroatoms. The predicted molar refractivity (Wildman–Crippen MR) is 117 cm³/mol. The highest BCUT2D eigenvalue weighted by Gasteiger charge is 2.45. The summed E-state index contributed by atoms with van der Waals surface area (Å²) in [5, 5.41) is 14.3. The number of fused-ring (bicyclic) bond motifs is 1. The fraction of sp³-hybridized carbons (Fsp3) is 0.625. The summed E-state index contributed by atoms with van der Waals surface area (Å²) in [6.45, 7) is 9.43. The number of aliphatic hydroxyl groups is 1. The Morgan fingerprint density at radius 1 is 1.23 bits per heavy atom. The normalized spacial score (nSPS) is 27.9. The molecule has 3 N–H and O–H groups in total. The van der Waals surface area contributed by atoms with Crippen molar-refractivity contribution in [2.45, 2.75) is 77.6 Å². The zero-order valence-electron chi connectivity index (χ0n) is 18.6. The molecule has 0 bridgehead atoms. The number of amides is 1. The highest BCUT2D eigenvalue weighted by Crippen LogP contribution is 2.44. The average Bonchev–Trinajstić information content (AvgIpc) is 3.33. The Balaban J connectivity index is 1.40. The number of hydrazine groups is 2. The van der Waals surface area contributed by atoms with Crippen LogP contribution in [0.25, 0.3) is 5.70 Å². The molecule has 0 aromatic heterocycles. The van der Waals surface area contributed by atoms with Crippen molar-refractivity contribution in [2.24, 2.45) is 17.7 Å². The van der Waals surface area contributed by atoms with Crippen molar-refractivity contribution < 1.29 is 9.90 Å². The van der Waals surface area contributed by atoms with Crippen LogP contribution in [0.15, 0.2) is 18.2 Å². The maximum absolute atomic E-state index is 13.1. The van der Waals surface area contributed by atoms with Gasteiger partial charge in [-0.3, -0.25) is 15.6 Å². The van der Waals surface area contributed by atoms with E-state index in [1.807, 2.05) is 13.8 Å². The van der Waals surface area contributed by atoms with Crippen LogP contribution in [0.3, 0.4) is 0 Å². The number of aryl methyl sites for hydroxylation is 1. The molecule has 1 unspecified atom stereocenters. The Morgan fingerprint density at radius 2 is 1.93 bits per heavy atom. The summed E-state index contributed by atoms with van der Waals surface area (Å²) in [6, 6.07) is 4.97. The van der Waals surface area contributed by atoms with Crippen LogP contribution in [-0.2, 0) is 6.54 Å². The molecular weight excluding hydrogens is 376 g/mol. The lowest BCUT2D eigenvalue weighted by molar-refractivity contribution is -0.0916. The van der Waals surface area contributed by atoms with E-state index in [1.165, 1.54) is 12.8 Å². The SMILES string of the molecule is Cc1cc(C2=CCN(N)N2[C@H]2C[C@H](C(C)(C)O)C2)cc2c1C(=O)N(C(C)C1CC1)C2. The van der Waals surface area contributed by atoms with Gasteiger partial charge in [-0.25, -0.2) is 0 Å². The molecule has 6 nitrogen and oxygen atoms in total. The molecule has 30 heavy (non-hydrogen) atoms. The van der Waals surface area contributed by atoms with Gasteiger partial charge in [-0.2, -0.15) is 5.12 Å². The molecule has 4 aliphatic rings. The van der Waals surface area contributed by atoms with E-state index in [9.17, 15) is 9.90 Å². The monoisotopic (exact) mass is 410 g/mol. The van der Waals surface area contributed by atoms with Gasteiger partial charge in [0.25, 0.3) is 5.91 Å². The molecule has 2 heterocycles. The first-order valence-electron chi connectivity index (χ1n) is 11.3. The van der Waals surface area contributed by atoms with Crippen LogP contribution >= 0.6 is 0 Å². The lowest BCUT2D eigenvalue weighted by atomic mass is 9.71. The van der Waals surface area contributed by atoms with Crippen molar-refractivity contribution in [3.05, 3.63) is 40.5 Å². The minimum Gasteiger partial charge on any atom is -0.390 e. The zero-order chi connectivity index (χ0) is 21.4. The molecule has 2 saturated carbocycles. The highest BCUT2D eigenvalue weighted by atomic mass is 16.3. The number of nitrogens with two attached hydrogens (primary N) is 1. The van der Waals surface area contributed by atoms with Crippen molar-refractivity contribution >= 4 is 11.6 Å². The van der Waals surface area contributed by atoms with Gasteiger partial charge in [-0.1, -0.05) is 0 Å². The van der Waals surface area contributed by atoms with Crippen LogP contribution in [0.1, 0.15) is 73.5 Å². The van der Waals surface area contributed by atoms with Gasteiger partial charge >= 0.3 is 0 Å². The maximum Gasteiger partial charge on any atom is 0.255 e. The quantitative estimate of drug-likeness (QED) is 0.730. The van der Waals surface area contributed by atoms with Crippen LogP contribution in [0.4, 0.5) is 0 Å². The summed E-state index contributed by atoms with van der Waals surface area (Å²) in [7, 11) is 0.